The summed E-state index contributed by atoms with van der Waals surface area (Å²) in [5, 5.41) is 3.49. The summed E-state index contributed by atoms with van der Waals surface area (Å²) in [6, 6.07) is 0. The molecule has 2 aliphatic rings. The van der Waals surface area contributed by atoms with Crippen LogP contribution in [0, 0.1) is 5.41 Å². The number of rotatable bonds is 3. The Morgan fingerprint density at radius 3 is 2.72 bits per heavy atom. The molecule has 2 fully saturated rings. The molecule has 1 saturated carbocycles. The van der Waals surface area contributed by atoms with Crippen molar-refractivity contribution in [3.05, 3.63) is 0 Å². The smallest absolute Gasteiger partial charge is 0.193 e. The molecule has 0 aromatic carbocycles. The second-order valence-corrected chi connectivity index (χ2v) is 6.68. The monoisotopic (exact) mass is 269 g/mol. The number of aliphatic imine (C=N–C) groups is 1. The molecule has 1 aliphatic carbocycles. The molecule has 4 heteroatoms. The van der Waals surface area contributed by atoms with Gasteiger partial charge in [0.25, 0.3) is 0 Å². The fourth-order valence-corrected chi connectivity index (χ4v) is 3.73. The lowest BCUT2D eigenvalue weighted by Crippen LogP contribution is -2.42. The Balaban J connectivity index is 1.86. The molecule has 1 heterocycles. The van der Waals surface area contributed by atoms with Crippen molar-refractivity contribution >= 4 is 17.7 Å². The van der Waals surface area contributed by atoms with Crippen LogP contribution in [0.5, 0.6) is 0 Å². The largest absolute Gasteiger partial charge is 0.355 e. The zero-order valence-electron chi connectivity index (χ0n) is 11.9. The molecule has 104 valence electrons. The third kappa shape index (κ3) is 3.34. The summed E-state index contributed by atoms with van der Waals surface area (Å²) in [6.07, 6.45) is 10.7. The van der Waals surface area contributed by atoms with E-state index in [4.69, 9.17) is 0 Å². The first-order chi connectivity index (χ1) is 8.79. The SMILES string of the molecule is CN=C(NCCSC)N1CCC2(CCCCC2)C1. The minimum atomic E-state index is 0.620. The molecule has 0 atom stereocenters. The summed E-state index contributed by atoms with van der Waals surface area (Å²) >= 11 is 1.88. The van der Waals surface area contributed by atoms with E-state index < -0.39 is 0 Å². The number of thioether (sulfide) groups is 1. The molecule has 0 aromatic rings. The summed E-state index contributed by atoms with van der Waals surface area (Å²) < 4.78 is 0. The number of nitrogens with one attached hydrogen (secondary N) is 1. The van der Waals surface area contributed by atoms with Gasteiger partial charge in [-0.2, -0.15) is 11.8 Å². The van der Waals surface area contributed by atoms with Crippen LogP contribution in [0.2, 0.25) is 0 Å². The lowest BCUT2D eigenvalue weighted by molar-refractivity contribution is 0.203. The molecule has 0 bridgehead atoms. The lowest BCUT2D eigenvalue weighted by Gasteiger charge is -2.33. The van der Waals surface area contributed by atoms with Crippen molar-refractivity contribution in [1.29, 1.82) is 0 Å². The van der Waals surface area contributed by atoms with Crippen LogP contribution in [0.25, 0.3) is 0 Å². The van der Waals surface area contributed by atoms with E-state index in [1.807, 2.05) is 18.8 Å². The summed E-state index contributed by atoms with van der Waals surface area (Å²) in [7, 11) is 1.91. The van der Waals surface area contributed by atoms with Gasteiger partial charge in [-0.1, -0.05) is 19.3 Å². The van der Waals surface area contributed by atoms with E-state index >= 15 is 0 Å². The number of hydrogen-bond acceptors (Lipinski definition) is 2. The summed E-state index contributed by atoms with van der Waals surface area (Å²) in [4.78, 5) is 6.92. The van der Waals surface area contributed by atoms with Gasteiger partial charge in [-0.3, -0.25) is 4.99 Å². The molecule has 0 radical (unpaired) electrons. The Hall–Kier alpha value is -0.380. The van der Waals surface area contributed by atoms with E-state index in [0.717, 1.165) is 18.3 Å². The van der Waals surface area contributed by atoms with Crippen LogP contribution in [-0.2, 0) is 0 Å². The predicted octanol–water partition coefficient (Wildman–Crippen LogP) is 2.58. The Kier molecular flexibility index (Phi) is 5.22. The fourth-order valence-electron chi connectivity index (χ4n) is 3.42. The maximum atomic E-state index is 4.44. The lowest BCUT2D eigenvalue weighted by atomic mass is 9.73. The topological polar surface area (TPSA) is 27.6 Å². The molecule has 0 unspecified atom stereocenters. The highest BCUT2D eigenvalue weighted by Gasteiger charge is 2.39. The van der Waals surface area contributed by atoms with Gasteiger partial charge >= 0.3 is 0 Å². The Morgan fingerprint density at radius 2 is 2.06 bits per heavy atom. The van der Waals surface area contributed by atoms with Crippen LogP contribution in [0.3, 0.4) is 0 Å². The summed E-state index contributed by atoms with van der Waals surface area (Å²) in [6.45, 7) is 3.45. The van der Waals surface area contributed by atoms with E-state index in [1.54, 1.807) is 0 Å². The van der Waals surface area contributed by atoms with Crippen molar-refractivity contribution in [2.75, 3.05) is 38.7 Å². The van der Waals surface area contributed by atoms with Gasteiger partial charge in [0.05, 0.1) is 0 Å². The summed E-state index contributed by atoms with van der Waals surface area (Å²) in [5.41, 5.74) is 0.620. The third-order valence-corrected chi connectivity index (χ3v) is 5.07. The van der Waals surface area contributed by atoms with Gasteiger partial charge in [0.15, 0.2) is 5.96 Å². The molecule has 1 saturated heterocycles. The molecule has 1 N–H and O–H groups in total. The zero-order valence-corrected chi connectivity index (χ0v) is 12.7. The Bertz CT molecular complexity index is 285. The van der Waals surface area contributed by atoms with Gasteiger partial charge in [0.2, 0.25) is 0 Å². The van der Waals surface area contributed by atoms with Gasteiger partial charge in [0.1, 0.15) is 0 Å². The van der Waals surface area contributed by atoms with Gasteiger partial charge in [-0.05, 0) is 30.9 Å². The summed E-state index contributed by atoms with van der Waals surface area (Å²) in [5.74, 6) is 2.27. The third-order valence-electron chi connectivity index (χ3n) is 4.45. The number of nitrogens with zero attached hydrogens (tertiary/aromatic N) is 2. The Labute approximate surface area is 116 Å². The predicted molar refractivity (Wildman–Crippen MR) is 81.5 cm³/mol. The van der Waals surface area contributed by atoms with Gasteiger partial charge < -0.3 is 10.2 Å². The minimum Gasteiger partial charge on any atom is -0.355 e. The standard InChI is InChI=1S/C14H27N3S/c1-15-13(16-9-11-18-2)17-10-8-14(12-17)6-4-3-5-7-14/h3-12H2,1-2H3,(H,15,16). The molecule has 0 aromatic heterocycles. The quantitative estimate of drug-likeness (QED) is 0.485. The number of likely N-dealkylation sites (tertiary alicyclic amines) is 1. The Morgan fingerprint density at radius 1 is 1.28 bits per heavy atom. The van der Waals surface area contributed by atoms with Crippen LogP contribution < -0.4 is 5.32 Å². The maximum absolute atomic E-state index is 4.44. The van der Waals surface area contributed by atoms with Crippen LogP contribution in [0.4, 0.5) is 0 Å². The van der Waals surface area contributed by atoms with Crippen molar-refractivity contribution in [3.8, 4) is 0 Å². The minimum absolute atomic E-state index is 0.620. The van der Waals surface area contributed by atoms with Crippen LogP contribution in [-0.4, -0.2) is 49.6 Å². The van der Waals surface area contributed by atoms with E-state index in [1.165, 1.54) is 51.6 Å². The van der Waals surface area contributed by atoms with E-state index in [9.17, 15) is 0 Å². The molecular weight excluding hydrogens is 242 g/mol. The second kappa shape index (κ2) is 6.69. The second-order valence-electron chi connectivity index (χ2n) is 5.70. The molecule has 3 nitrogen and oxygen atoms in total. The molecule has 2 rings (SSSR count). The highest BCUT2D eigenvalue weighted by molar-refractivity contribution is 7.98. The first-order valence-corrected chi connectivity index (χ1v) is 8.64. The average Bonchev–Trinajstić information content (AvgIpc) is 2.79. The van der Waals surface area contributed by atoms with Gasteiger partial charge in [-0.15, -0.1) is 0 Å². The van der Waals surface area contributed by atoms with Crippen molar-refractivity contribution in [2.24, 2.45) is 10.4 Å². The van der Waals surface area contributed by atoms with Crippen LogP contribution in [0.1, 0.15) is 38.5 Å². The maximum Gasteiger partial charge on any atom is 0.193 e. The fraction of sp³-hybridized carbons (Fsp3) is 0.929. The molecule has 1 spiro atoms. The first kappa shape index (κ1) is 14.0. The number of hydrogen-bond donors (Lipinski definition) is 1. The average molecular weight is 269 g/mol. The van der Waals surface area contributed by atoms with Crippen molar-refractivity contribution in [1.82, 2.24) is 10.2 Å². The first-order valence-electron chi connectivity index (χ1n) is 7.24. The van der Waals surface area contributed by atoms with Gasteiger partial charge in [0, 0.05) is 32.4 Å². The van der Waals surface area contributed by atoms with Crippen molar-refractivity contribution in [3.63, 3.8) is 0 Å². The number of guanidine groups is 1. The van der Waals surface area contributed by atoms with E-state index in [2.05, 4.69) is 21.5 Å². The molecule has 18 heavy (non-hydrogen) atoms. The molecular formula is C14H27N3S. The van der Waals surface area contributed by atoms with Crippen LogP contribution >= 0.6 is 11.8 Å². The van der Waals surface area contributed by atoms with E-state index in [0.29, 0.717) is 5.41 Å². The molecule has 1 aliphatic heterocycles. The normalized spacial score (nSPS) is 23.7. The highest BCUT2D eigenvalue weighted by atomic mass is 32.2. The highest BCUT2D eigenvalue weighted by Crippen LogP contribution is 2.43. The zero-order chi connectivity index (χ0) is 12.8. The van der Waals surface area contributed by atoms with Crippen molar-refractivity contribution < 1.29 is 0 Å². The van der Waals surface area contributed by atoms with Crippen LogP contribution in [0.15, 0.2) is 4.99 Å². The molecule has 0 amide bonds. The van der Waals surface area contributed by atoms with Crippen molar-refractivity contribution in [2.45, 2.75) is 38.5 Å². The van der Waals surface area contributed by atoms with E-state index in [-0.39, 0.29) is 0 Å². The van der Waals surface area contributed by atoms with Gasteiger partial charge in [-0.25, -0.2) is 0 Å².